The molecule has 1 aliphatic heterocycles. The molecule has 95 heavy (non-hydrogen) atoms. The first-order chi connectivity index (χ1) is 43.7. The van der Waals surface area contributed by atoms with E-state index < -0.39 is 166 Å². The van der Waals surface area contributed by atoms with Crippen LogP contribution in [0.15, 0.2) is 12.2 Å². The molecule has 25 nitrogen and oxygen atoms in total. The van der Waals surface area contributed by atoms with Crippen molar-refractivity contribution in [3.05, 3.63) is 12.2 Å². The second-order valence-corrected chi connectivity index (χ2v) is 30.6. The molecule has 0 unspecified atom stereocenters. The van der Waals surface area contributed by atoms with E-state index in [0.29, 0.717) is 12.2 Å². The summed E-state index contributed by atoms with van der Waals surface area (Å²) in [6.07, 6.45) is 2.83. The summed E-state index contributed by atoms with van der Waals surface area (Å²) in [5.74, 6) is -9.97. The first kappa shape index (κ1) is 87.2. The number of likely N-dealkylation sites (N-methyl/N-ethyl adjacent to an activating group) is 7. The van der Waals surface area contributed by atoms with E-state index in [1.807, 2.05) is 55.4 Å². The highest BCUT2D eigenvalue weighted by atomic mass is 32.2. The summed E-state index contributed by atoms with van der Waals surface area (Å²) in [7, 11) is 11.4. The van der Waals surface area contributed by atoms with Crippen LogP contribution in [-0.2, 0) is 57.5 Å². The van der Waals surface area contributed by atoms with Gasteiger partial charge in [0.25, 0.3) is 0 Å². The van der Waals surface area contributed by atoms with Crippen molar-refractivity contribution in [2.45, 2.75) is 260 Å². The van der Waals surface area contributed by atoms with E-state index in [2.05, 4.69) is 21.3 Å². The minimum absolute atomic E-state index is 0.0253. The molecule has 0 aromatic heterocycles. The Balaban J connectivity index is 4.60. The zero-order chi connectivity index (χ0) is 73.8. The molecule has 0 aromatic carbocycles. The van der Waals surface area contributed by atoms with Gasteiger partial charge in [0.15, 0.2) is 0 Å². The number of allylic oxidation sites excluding steroid dienone is 2. The third kappa shape index (κ3) is 25.5. The molecule has 1 rings (SSSR count). The van der Waals surface area contributed by atoms with E-state index in [1.165, 1.54) is 113 Å². The summed E-state index contributed by atoms with van der Waals surface area (Å²) < 4.78 is 5.66. The number of aliphatic hydroxyl groups is 2. The van der Waals surface area contributed by atoms with Gasteiger partial charge in [-0.1, -0.05) is 95.2 Å². The Hall–Kier alpha value is -5.86. The number of carbonyl (C=O) groups excluding carboxylic acids is 11. The van der Waals surface area contributed by atoms with Gasteiger partial charge in [-0.25, -0.2) is 0 Å². The van der Waals surface area contributed by atoms with E-state index in [4.69, 9.17) is 4.74 Å². The number of methoxy groups -OCH3 is 1. The van der Waals surface area contributed by atoms with Crippen LogP contribution in [0.2, 0.25) is 0 Å². The fraction of sp³-hybridized carbons (Fsp3) is 0.812. The number of hydrogen-bond acceptors (Lipinski definition) is 15. The van der Waals surface area contributed by atoms with Crippen LogP contribution in [-0.4, -0.2) is 261 Å². The topological polar surface area (TPSA) is 308 Å². The molecule has 0 spiro atoms. The Labute approximate surface area is 573 Å². The first-order valence-corrected chi connectivity index (χ1v) is 35.1. The lowest BCUT2D eigenvalue weighted by Crippen LogP contribution is -2.64. The van der Waals surface area contributed by atoms with Gasteiger partial charge in [0.2, 0.25) is 65.0 Å². The second-order valence-electron chi connectivity index (χ2n) is 29.5. The lowest BCUT2D eigenvalue weighted by molar-refractivity contribution is -0.157. The molecule has 1 saturated heterocycles. The third-order valence-corrected chi connectivity index (χ3v) is 19.1. The van der Waals surface area contributed by atoms with Gasteiger partial charge in [-0.15, -0.1) is 0 Å². The molecule has 26 heteroatoms. The van der Waals surface area contributed by atoms with Gasteiger partial charge in [0.1, 0.15) is 66.5 Å². The van der Waals surface area contributed by atoms with Gasteiger partial charge in [0, 0.05) is 68.6 Å². The SMILES string of the molecule is CC=CC[C@@H](C)[C@@H](O)[C@H]1C(=O)N[C@@H](CC)C(=O)N(C)[C@H](CSCCC(C)(C)OC)C(=O)N(C)[C@@H](CC(C)(C)O)C(=O)N[C@@H](C(C)C)C(=O)N(C)[C@@H](CC(C)C)C(=O)N[C@@H](C)C(=O)N[C@H](C)C(=O)N(C)[C@@H](CC(C)C)C(=O)N(C)[C@@H](CC(C)C)C(=O)N(C)[C@@H](C(C)C)C(=O)N1C. The van der Waals surface area contributed by atoms with Gasteiger partial charge in [-0.2, -0.15) is 11.8 Å². The molecule has 0 aliphatic carbocycles. The zero-order valence-electron chi connectivity index (χ0n) is 62.7. The van der Waals surface area contributed by atoms with Crippen LogP contribution in [0.25, 0.3) is 0 Å². The lowest BCUT2D eigenvalue weighted by atomic mass is 9.91. The number of amides is 11. The van der Waals surface area contributed by atoms with Gasteiger partial charge in [-0.3, -0.25) is 52.7 Å². The number of hydrogen-bond donors (Lipinski definition) is 6. The Kier molecular flexibility index (Phi) is 35.7. The van der Waals surface area contributed by atoms with Crippen molar-refractivity contribution in [1.29, 1.82) is 0 Å². The molecule has 1 fully saturated rings. The van der Waals surface area contributed by atoms with E-state index in [-0.39, 0.29) is 62.0 Å². The van der Waals surface area contributed by atoms with E-state index in [1.54, 1.807) is 67.7 Å². The van der Waals surface area contributed by atoms with E-state index >= 15 is 28.8 Å². The molecule has 0 saturated carbocycles. The number of nitrogens with zero attached hydrogens (tertiary/aromatic N) is 7. The van der Waals surface area contributed by atoms with Crippen molar-refractivity contribution in [3.63, 3.8) is 0 Å². The molecule has 1 aliphatic rings. The Bertz CT molecular complexity index is 2610. The Morgan fingerprint density at radius 2 is 0.947 bits per heavy atom. The molecule has 0 bridgehead atoms. The molecule has 0 radical (unpaired) electrons. The largest absolute Gasteiger partial charge is 0.390 e. The molecular formula is C69H125N11O14S. The summed E-state index contributed by atoms with van der Waals surface area (Å²) in [5, 5.41) is 34.7. The van der Waals surface area contributed by atoms with Crippen LogP contribution in [0.5, 0.6) is 0 Å². The number of thioether (sulfide) groups is 1. The minimum Gasteiger partial charge on any atom is -0.390 e. The monoisotopic (exact) mass is 1360 g/mol. The quantitative estimate of drug-likeness (QED) is 0.0690. The predicted molar refractivity (Wildman–Crippen MR) is 372 cm³/mol. The molecule has 0 aromatic rings. The average molecular weight is 1360 g/mol. The van der Waals surface area contributed by atoms with Crippen molar-refractivity contribution < 1.29 is 67.7 Å². The van der Waals surface area contributed by atoms with E-state index in [0.717, 1.165) is 9.80 Å². The van der Waals surface area contributed by atoms with Crippen LogP contribution >= 0.6 is 11.8 Å². The van der Waals surface area contributed by atoms with Gasteiger partial charge in [0.05, 0.1) is 17.3 Å². The minimum atomic E-state index is -1.67. The number of ether oxygens (including phenoxy) is 1. The summed E-state index contributed by atoms with van der Waals surface area (Å²) in [6, 6.07) is -14.5. The van der Waals surface area contributed by atoms with Gasteiger partial charge >= 0.3 is 0 Å². The maximum absolute atomic E-state index is 15.4. The molecule has 11 amide bonds. The average Bonchev–Trinajstić information content (AvgIpc) is 0.820. The standard InChI is InChI=1S/C69H125N11O14S/c1-28-30-31-44(13)56(81)55-60(85)72-47(29-2)62(87)78(24)52(38-95-33-32-69(18,19)94-27)65(90)77(23)51(37-68(16,17)93)59(84)73-53(42(9)10)66(91)74(20)48(34-39(3)4)58(83)70-45(14)57(82)71-46(15)61(86)75(21)49(35-40(5)6)63(88)76(22)50(36-41(7)8)64(89)79(25)54(43(11)12)67(92)80(55)26/h28,30,39-56,81,93H,29,31-38H2,1-27H3,(H,70,83)(H,71,82)(H,72,85)(H,73,84)/t44-,45+,46-,47+,48+,49+,50+,51+,52-,53+,54+,55+,56-/m1/s1. The van der Waals surface area contributed by atoms with Crippen LogP contribution < -0.4 is 21.3 Å². The molecule has 1 heterocycles. The Morgan fingerprint density at radius 3 is 1.41 bits per heavy atom. The van der Waals surface area contributed by atoms with Crippen molar-refractivity contribution in [2.75, 3.05) is 67.9 Å². The predicted octanol–water partition coefficient (Wildman–Crippen LogP) is 4.30. The number of rotatable bonds is 21. The summed E-state index contributed by atoms with van der Waals surface area (Å²) >= 11 is 1.34. The molecular weight excluding hydrogens is 1240 g/mol. The zero-order valence-corrected chi connectivity index (χ0v) is 63.6. The fourth-order valence-electron chi connectivity index (χ4n) is 11.6. The highest BCUT2D eigenvalue weighted by Crippen LogP contribution is 2.27. The smallest absolute Gasteiger partial charge is 0.246 e. The number of carbonyl (C=O) groups is 11. The molecule has 13 atom stereocenters. The maximum atomic E-state index is 15.4. The van der Waals surface area contributed by atoms with Crippen molar-refractivity contribution >= 4 is 76.7 Å². The van der Waals surface area contributed by atoms with Gasteiger partial charge in [-0.05, 0) is 128 Å². The third-order valence-electron chi connectivity index (χ3n) is 18.1. The van der Waals surface area contributed by atoms with Crippen LogP contribution in [0.4, 0.5) is 0 Å². The van der Waals surface area contributed by atoms with Crippen LogP contribution in [0.1, 0.15) is 176 Å². The number of nitrogens with one attached hydrogen (secondary N) is 4. The maximum Gasteiger partial charge on any atom is 0.246 e. The van der Waals surface area contributed by atoms with Gasteiger partial charge < -0.3 is 70.5 Å². The molecule has 6 N–H and O–H groups in total. The van der Waals surface area contributed by atoms with Crippen LogP contribution in [0, 0.1) is 35.5 Å². The summed E-state index contributed by atoms with van der Waals surface area (Å²) in [4.78, 5) is 173. The highest BCUT2D eigenvalue weighted by molar-refractivity contribution is 7.99. The van der Waals surface area contributed by atoms with Crippen molar-refractivity contribution in [1.82, 2.24) is 55.6 Å². The lowest BCUT2D eigenvalue weighted by Gasteiger charge is -2.41. The Morgan fingerprint density at radius 1 is 0.516 bits per heavy atom. The van der Waals surface area contributed by atoms with Crippen molar-refractivity contribution in [2.24, 2.45) is 35.5 Å². The normalized spacial score (nSPS) is 26.4. The summed E-state index contributed by atoms with van der Waals surface area (Å²) in [6.45, 7) is 32.7. The van der Waals surface area contributed by atoms with Crippen molar-refractivity contribution in [3.8, 4) is 0 Å². The fourth-order valence-corrected chi connectivity index (χ4v) is 13.0. The summed E-state index contributed by atoms with van der Waals surface area (Å²) in [5.41, 5.74) is -2.15. The molecule has 546 valence electrons. The second kappa shape index (κ2) is 38.9. The highest BCUT2D eigenvalue weighted by Gasteiger charge is 2.47. The van der Waals surface area contributed by atoms with Crippen LogP contribution in [0.3, 0.4) is 0 Å². The first-order valence-electron chi connectivity index (χ1n) is 33.9. The van der Waals surface area contributed by atoms with E-state index in [9.17, 15) is 34.2 Å². The number of aliphatic hydroxyl groups excluding tert-OH is 1.